The monoisotopic (exact) mass is 260 g/mol. The van der Waals surface area contributed by atoms with Gasteiger partial charge in [0.15, 0.2) is 5.17 Å². The van der Waals surface area contributed by atoms with Crippen molar-refractivity contribution in [1.29, 1.82) is 0 Å². The van der Waals surface area contributed by atoms with Crippen molar-refractivity contribution in [1.82, 2.24) is 4.90 Å². The van der Waals surface area contributed by atoms with Crippen LogP contribution in [-0.4, -0.2) is 21.5 Å². The van der Waals surface area contributed by atoms with Crippen LogP contribution in [0.3, 0.4) is 0 Å². The minimum Gasteiger partial charge on any atom is -0.281 e. The molecule has 3 nitrogen and oxygen atoms in total. The summed E-state index contributed by atoms with van der Waals surface area (Å²) in [6, 6.07) is 9.63. The number of hydrogen-bond donors (Lipinski definition) is 0. The Bertz CT molecular complexity index is 520. The van der Waals surface area contributed by atoms with Gasteiger partial charge in [-0.2, -0.15) is 0 Å². The SMILES string of the molecule is C=C1SC(=Nc2ccccc2)N(C(C)=O)C1(C)C. The van der Waals surface area contributed by atoms with Crippen LogP contribution in [0, 0.1) is 0 Å². The average molecular weight is 260 g/mol. The number of aliphatic imine (C=N–C) groups is 1. The van der Waals surface area contributed by atoms with Crippen LogP contribution in [0.2, 0.25) is 0 Å². The maximum atomic E-state index is 11.8. The molecule has 0 radical (unpaired) electrons. The zero-order valence-electron chi connectivity index (χ0n) is 10.8. The first-order valence-corrected chi connectivity index (χ1v) is 6.56. The number of amides is 1. The molecular weight excluding hydrogens is 244 g/mol. The van der Waals surface area contributed by atoms with E-state index >= 15 is 0 Å². The minimum atomic E-state index is -0.385. The van der Waals surface area contributed by atoms with E-state index in [-0.39, 0.29) is 11.4 Å². The molecule has 0 N–H and O–H groups in total. The highest BCUT2D eigenvalue weighted by Gasteiger charge is 2.42. The molecule has 2 rings (SSSR count). The summed E-state index contributed by atoms with van der Waals surface area (Å²) in [6.45, 7) is 9.54. The molecule has 0 aromatic heterocycles. The zero-order chi connectivity index (χ0) is 13.3. The predicted octanol–water partition coefficient (Wildman–Crippen LogP) is 3.56. The predicted molar refractivity (Wildman–Crippen MR) is 76.9 cm³/mol. The van der Waals surface area contributed by atoms with Gasteiger partial charge < -0.3 is 0 Å². The van der Waals surface area contributed by atoms with Crippen LogP contribution in [-0.2, 0) is 4.79 Å². The molecule has 0 unspecified atom stereocenters. The van der Waals surface area contributed by atoms with Crippen molar-refractivity contribution >= 4 is 28.5 Å². The molecule has 18 heavy (non-hydrogen) atoms. The van der Waals surface area contributed by atoms with Gasteiger partial charge in [-0.25, -0.2) is 4.99 Å². The van der Waals surface area contributed by atoms with Crippen molar-refractivity contribution in [2.24, 2.45) is 4.99 Å². The molecule has 1 aromatic rings. The molecule has 1 aliphatic heterocycles. The maximum absolute atomic E-state index is 11.8. The van der Waals surface area contributed by atoms with E-state index in [1.807, 2.05) is 44.2 Å². The van der Waals surface area contributed by atoms with Gasteiger partial charge in [0.2, 0.25) is 5.91 Å². The summed E-state index contributed by atoms with van der Waals surface area (Å²) in [5.41, 5.74) is 0.459. The van der Waals surface area contributed by atoms with E-state index in [0.29, 0.717) is 5.17 Å². The van der Waals surface area contributed by atoms with Gasteiger partial charge in [0, 0.05) is 11.8 Å². The summed E-state index contributed by atoms with van der Waals surface area (Å²) < 4.78 is 0. The van der Waals surface area contributed by atoms with Crippen molar-refractivity contribution in [2.45, 2.75) is 26.3 Å². The number of benzene rings is 1. The largest absolute Gasteiger partial charge is 0.281 e. The molecule has 0 saturated carbocycles. The number of rotatable bonds is 1. The van der Waals surface area contributed by atoms with Gasteiger partial charge >= 0.3 is 0 Å². The molecule has 1 fully saturated rings. The normalized spacial score (nSPS) is 20.5. The summed E-state index contributed by atoms with van der Waals surface area (Å²) in [7, 11) is 0. The lowest BCUT2D eigenvalue weighted by atomic mass is 10.0. The first-order valence-electron chi connectivity index (χ1n) is 5.74. The second-order valence-electron chi connectivity index (χ2n) is 4.67. The summed E-state index contributed by atoms with van der Waals surface area (Å²) in [5, 5.41) is 0.698. The van der Waals surface area contributed by atoms with Crippen LogP contribution < -0.4 is 0 Å². The average Bonchev–Trinajstić information content (AvgIpc) is 2.50. The quantitative estimate of drug-likeness (QED) is 0.773. The molecule has 1 aliphatic rings. The number of para-hydroxylation sites is 1. The Morgan fingerprint density at radius 3 is 2.50 bits per heavy atom. The summed E-state index contributed by atoms with van der Waals surface area (Å²) in [5.74, 6) is -0.0131. The molecule has 4 heteroatoms. The lowest BCUT2D eigenvalue weighted by Gasteiger charge is -2.29. The van der Waals surface area contributed by atoms with E-state index in [2.05, 4.69) is 11.6 Å². The molecule has 0 spiro atoms. The van der Waals surface area contributed by atoms with Gasteiger partial charge in [0.25, 0.3) is 0 Å². The Hall–Kier alpha value is -1.55. The summed E-state index contributed by atoms with van der Waals surface area (Å²) >= 11 is 1.46. The van der Waals surface area contributed by atoms with Gasteiger partial charge in [-0.3, -0.25) is 9.69 Å². The topological polar surface area (TPSA) is 32.7 Å². The minimum absolute atomic E-state index is 0.0131. The number of thioether (sulfide) groups is 1. The molecule has 0 aliphatic carbocycles. The molecular formula is C14H16N2OS. The second kappa shape index (κ2) is 4.61. The third-order valence-electron chi connectivity index (χ3n) is 2.94. The smallest absolute Gasteiger partial charge is 0.226 e. The van der Waals surface area contributed by atoms with Crippen molar-refractivity contribution in [2.75, 3.05) is 0 Å². The number of carbonyl (C=O) groups is 1. The van der Waals surface area contributed by atoms with Crippen LogP contribution in [0.25, 0.3) is 0 Å². The number of nitrogens with zero attached hydrogens (tertiary/aromatic N) is 2. The number of amidine groups is 1. The Labute approximate surface area is 112 Å². The van der Waals surface area contributed by atoms with Crippen LogP contribution in [0.1, 0.15) is 20.8 Å². The Morgan fingerprint density at radius 2 is 1.94 bits per heavy atom. The highest BCUT2D eigenvalue weighted by molar-refractivity contribution is 8.17. The van der Waals surface area contributed by atoms with Crippen molar-refractivity contribution in [3.8, 4) is 0 Å². The standard InChI is InChI=1S/C14H16N2OS/c1-10-14(3,4)16(11(2)17)13(18-10)15-12-8-6-5-7-9-12/h5-9H,1H2,2-4H3. The lowest BCUT2D eigenvalue weighted by molar-refractivity contribution is -0.127. The van der Waals surface area contributed by atoms with Gasteiger partial charge in [0.05, 0.1) is 11.2 Å². The third-order valence-corrected chi connectivity index (χ3v) is 4.15. The lowest BCUT2D eigenvalue weighted by Crippen LogP contribution is -2.44. The number of hydrogen-bond acceptors (Lipinski definition) is 3. The second-order valence-corrected chi connectivity index (χ2v) is 5.73. The Balaban J connectivity index is 2.42. The highest BCUT2D eigenvalue weighted by Crippen LogP contribution is 2.42. The fourth-order valence-corrected chi connectivity index (χ4v) is 3.02. The molecule has 1 heterocycles. The number of carbonyl (C=O) groups excluding carboxylic acids is 1. The summed E-state index contributed by atoms with van der Waals surface area (Å²) in [6.07, 6.45) is 0. The molecule has 1 aromatic carbocycles. The van der Waals surface area contributed by atoms with E-state index in [9.17, 15) is 4.79 Å². The van der Waals surface area contributed by atoms with E-state index in [4.69, 9.17) is 0 Å². The van der Waals surface area contributed by atoms with E-state index in [1.54, 1.807) is 11.8 Å². The zero-order valence-corrected chi connectivity index (χ0v) is 11.6. The van der Waals surface area contributed by atoms with Gasteiger partial charge in [-0.15, -0.1) is 0 Å². The van der Waals surface area contributed by atoms with E-state index in [1.165, 1.54) is 11.8 Å². The molecule has 94 valence electrons. The van der Waals surface area contributed by atoms with E-state index < -0.39 is 0 Å². The molecule has 0 atom stereocenters. The molecule has 1 saturated heterocycles. The van der Waals surface area contributed by atoms with Gasteiger partial charge in [0.1, 0.15) is 0 Å². The van der Waals surface area contributed by atoms with Crippen LogP contribution >= 0.6 is 11.8 Å². The third kappa shape index (κ3) is 2.20. The van der Waals surface area contributed by atoms with E-state index in [0.717, 1.165) is 10.6 Å². The van der Waals surface area contributed by atoms with Crippen LogP contribution in [0.5, 0.6) is 0 Å². The van der Waals surface area contributed by atoms with Gasteiger partial charge in [-0.05, 0) is 26.0 Å². The Morgan fingerprint density at radius 1 is 1.33 bits per heavy atom. The highest BCUT2D eigenvalue weighted by atomic mass is 32.2. The fourth-order valence-electron chi connectivity index (χ4n) is 1.86. The first kappa shape index (κ1) is 12.9. The summed E-state index contributed by atoms with van der Waals surface area (Å²) in [4.78, 5) is 19.0. The van der Waals surface area contributed by atoms with Crippen molar-refractivity contribution in [3.05, 3.63) is 41.8 Å². The Kier molecular flexibility index (Phi) is 3.30. The van der Waals surface area contributed by atoms with Gasteiger partial charge in [-0.1, -0.05) is 36.5 Å². The maximum Gasteiger partial charge on any atom is 0.226 e. The van der Waals surface area contributed by atoms with Crippen molar-refractivity contribution < 1.29 is 4.79 Å². The molecule has 0 bridgehead atoms. The molecule has 1 amide bonds. The van der Waals surface area contributed by atoms with Crippen LogP contribution in [0.15, 0.2) is 46.8 Å². The van der Waals surface area contributed by atoms with Crippen molar-refractivity contribution in [3.63, 3.8) is 0 Å². The fraction of sp³-hybridized carbons (Fsp3) is 0.286. The first-order chi connectivity index (χ1) is 8.43. The van der Waals surface area contributed by atoms with Crippen LogP contribution in [0.4, 0.5) is 5.69 Å².